The number of halogens is 1. The van der Waals surface area contributed by atoms with Gasteiger partial charge in [0.25, 0.3) is 0 Å². The molecule has 21 heavy (non-hydrogen) atoms. The van der Waals surface area contributed by atoms with Crippen molar-refractivity contribution in [2.24, 2.45) is 0 Å². The predicted molar refractivity (Wildman–Crippen MR) is 96.6 cm³/mol. The molecule has 0 spiro atoms. The van der Waals surface area contributed by atoms with Gasteiger partial charge in [-0.2, -0.15) is 0 Å². The Morgan fingerprint density at radius 2 is 1.33 bits per heavy atom. The van der Waals surface area contributed by atoms with E-state index in [-0.39, 0.29) is 0 Å². The molecule has 1 aromatic carbocycles. The van der Waals surface area contributed by atoms with E-state index in [0.29, 0.717) is 29.8 Å². The van der Waals surface area contributed by atoms with Crippen LogP contribution in [0, 0.1) is 0 Å². The van der Waals surface area contributed by atoms with Crippen LogP contribution < -0.4 is 4.74 Å². The molecule has 0 unspecified atom stereocenters. The lowest BCUT2D eigenvalue weighted by atomic mass is 10.3. The quantitative estimate of drug-likeness (QED) is 0.410. The Labute approximate surface area is 139 Å². The van der Waals surface area contributed by atoms with Crippen LogP contribution in [0.3, 0.4) is 0 Å². The summed E-state index contributed by atoms with van der Waals surface area (Å²) in [6, 6.07) is 7.93. The zero-order chi connectivity index (χ0) is 16.0. The van der Waals surface area contributed by atoms with Crippen molar-refractivity contribution in [3.63, 3.8) is 0 Å². The summed E-state index contributed by atoms with van der Waals surface area (Å²) in [5.74, 6) is 0.896. The summed E-state index contributed by atoms with van der Waals surface area (Å²) in [6.45, 7) is 15.1. The third-order valence-electron chi connectivity index (χ3n) is 4.22. The highest BCUT2D eigenvalue weighted by molar-refractivity contribution is 9.10. The Morgan fingerprint density at radius 3 is 1.76 bits per heavy atom. The first-order valence-corrected chi connectivity index (χ1v) is 10.8. The molecule has 0 aliphatic heterocycles. The van der Waals surface area contributed by atoms with Crippen LogP contribution in [0.1, 0.15) is 41.5 Å². The van der Waals surface area contributed by atoms with E-state index in [0.717, 1.165) is 10.2 Å². The molecular formula is C17H29BrO2Si. The Balaban J connectivity index is 2.56. The first-order chi connectivity index (χ1) is 9.80. The van der Waals surface area contributed by atoms with Gasteiger partial charge in [0.2, 0.25) is 0 Å². The fourth-order valence-corrected chi connectivity index (χ4v) is 9.11. The second kappa shape index (κ2) is 8.35. The molecule has 0 saturated heterocycles. The summed E-state index contributed by atoms with van der Waals surface area (Å²) in [5.41, 5.74) is 1.85. The second-order valence-electron chi connectivity index (χ2n) is 6.47. The van der Waals surface area contributed by atoms with Gasteiger partial charge in [0.1, 0.15) is 12.4 Å². The van der Waals surface area contributed by atoms with E-state index in [2.05, 4.69) is 57.5 Å². The highest BCUT2D eigenvalue weighted by Gasteiger charge is 2.44. The van der Waals surface area contributed by atoms with Crippen molar-refractivity contribution in [1.82, 2.24) is 0 Å². The van der Waals surface area contributed by atoms with Crippen LogP contribution in [-0.2, 0) is 4.43 Å². The molecule has 0 aliphatic carbocycles. The fraction of sp³-hybridized carbons (Fsp3) is 0.647. The normalized spacial score (nSPS) is 12.5. The van der Waals surface area contributed by atoms with Crippen molar-refractivity contribution in [3.8, 4) is 5.75 Å². The standard InChI is InChI=1S/C17H29BrO2Si/c1-13(2)21(14(3)4,15(5)6)20-12-11-19-17-9-7-16(18)8-10-17/h7-10,13-15H,11-12H2,1-6H3. The minimum absolute atomic E-state index is 0.614. The molecular weight excluding hydrogens is 344 g/mol. The van der Waals surface area contributed by atoms with Gasteiger partial charge in [-0.3, -0.25) is 0 Å². The van der Waals surface area contributed by atoms with Crippen LogP contribution in [0.2, 0.25) is 16.6 Å². The van der Waals surface area contributed by atoms with E-state index >= 15 is 0 Å². The summed E-state index contributed by atoms with van der Waals surface area (Å²) in [7, 11) is -1.76. The smallest absolute Gasteiger partial charge is 0.200 e. The first-order valence-electron chi connectivity index (χ1n) is 7.83. The minimum atomic E-state index is -1.76. The van der Waals surface area contributed by atoms with Gasteiger partial charge in [0.15, 0.2) is 8.32 Å². The van der Waals surface area contributed by atoms with Crippen molar-refractivity contribution in [3.05, 3.63) is 28.7 Å². The number of benzene rings is 1. The SMILES string of the molecule is CC(C)[Si](OCCOc1ccc(Br)cc1)(C(C)C)C(C)C. The van der Waals surface area contributed by atoms with Crippen LogP contribution in [0.25, 0.3) is 0 Å². The lowest BCUT2D eigenvalue weighted by Gasteiger charge is -2.42. The van der Waals surface area contributed by atoms with Crippen LogP contribution in [-0.4, -0.2) is 21.5 Å². The molecule has 2 nitrogen and oxygen atoms in total. The molecule has 0 amide bonds. The van der Waals surface area contributed by atoms with E-state index in [1.54, 1.807) is 0 Å². The number of hydrogen-bond acceptors (Lipinski definition) is 2. The zero-order valence-corrected chi connectivity index (χ0v) is 16.7. The van der Waals surface area contributed by atoms with Gasteiger partial charge < -0.3 is 9.16 Å². The average Bonchev–Trinajstić information content (AvgIpc) is 2.39. The minimum Gasteiger partial charge on any atom is -0.491 e. The van der Waals surface area contributed by atoms with E-state index < -0.39 is 8.32 Å². The molecule has 0 aromatic heterocycles. The van der Waals surface area contributed by atoms with Gasteiger partial charge in [-0.05, 0) is 40.9 Å². The lowest BCUT2D eigenvalue weighted by Crippen LogP contribution is -2.48. The average molecular weight is 373 g/mol. The third kappa shape index (κ3) is 4.83. The van der Waals surface area contributed by atoms with Crippen molar-refractivity contribution in [1.29, 1.82) is 0 Å². The summed E-state index contributed by atoms with van der Waals surface area (Å²) in [5, 5.41) is 0. The number of hydrogen-bond donors (Lipinski definition) is 0. The molecule has 0 N–H and O–H groups in total. The summed E-state index contributed by atoms with van der Waals surface area (Å²) in [6.07, 6.45) is 0. The van der Waals surface area contributed by atoms with Gasteiger partial charge in [-0.15, -0.1) is 0 Å². The third-order valence-corrected chi connectivity index (χ3v) is 10.9. The lowest BCUT2D eigenvalue weighted by molar-refractivity contribution is 0.198. The Kier molecular flexibility index (Phi) is 7.44. The zero-order valence-electron chi connectivity index (χ0n) is 14.2. The van der Waals surface area contributed by atoms with E-state index in [1.807, 2.05) is 24.3 Å². The topological polar surface area (TPSA) is 18.5 Å². The van der Waals surface area contributed by atoms with Crippen molar-refractivity contribution in [2.75, 3.05) is 13.2 Å². The highest BCUT2D eigenvalue weighted by atomic mass is 79.9. The molecule has 0 fully saturated rings. The van der Waals surface area contributed by atoms with Gasteiger partial charge in [0.05, 0.1) is 6.61 Å². The molecule has 0 radical (unpaired) electrons. The molecule has 120 valence electrons. The maximum Gasteiger partial charge on any atom is 0.200 e. The maximum atomic E-state index is 6.46. The fourth-order valence-electron chi connectivity index (χ4n) is 3.41. The maximum absolute atomic E-state index is 6.46. The van der Waals surface area contributed by atoms with E-state index in [1.165, 1.54) is 0 Å². The summed E-state index contributed by atoms with van der Waals surface area (Å²) < 4.78 is 13.3. The molecule has 0 saturated carbocycles. The monoisotopic (exact) mass is 372 g/mol. The van der Waals surface area contributed by atoms with Gasteiger partial charge >= 0.3 is 0 Å². The predicted octanol–water partition coefficient (Wildman–Crippen LogP) is 6.02. The van der Waals surface area contributed by atoms with Crippen molar-refractivity contribution < 1.29 is 9.16 Å². The van der Waals surface area contributed by atoms with Crippen LogP contribution in [0.15, 0.2) is 28.7 Å². The van der Waals surface area contributed by atoms with Crippen LogP contribution in [0.5, 0.6) is 5.75 Å². The Morgan fingerprint density at radius 1 is 0.857 bits per heavy atom. The van der Waals surface area contributed by atoms with Gasteiger partial charge in [-0.1, -0.05) is 57.5 Å². The van der Waals surface area contributed by atoms with E-state index in [9.17, 15) is 0 Å². The molecule has 0 bridgehead atoms. The largest absolute Gasteiger partial charge is 0.491 e. The number of rotatable bonds is 8. The van der Waals surface area contributed by atoms with Crippen LogP contribution >= 0.6 is 15.9 Å². The molecule has 0 atom stereocenters. The molecule has 1 aromatic rings. The highest BCUT2D eigenvalue weighted by Crippen LogP contribution is 2.42. The molecule has 0 heterocycles. The van der Waals surface area contributed by atoms with Crippen molar-refractivity contribution >= 4 is 24.2 Å². The van der Waals surface area contributed by atoms with E-state index in [4.69, 9.17) is 9.16 Å². The molecule has 1 rings (SSSR count). The van der Waals surface area contributed by atoms with Gasteiger partial charge in [-0.25, -0.2) is 0 Å². The molecule has 0 aliphatic rings. The molecule has 4 heteroatoms. The van der Waals surface area contributed by atoms with Crippen LogP contribution in [0.4, 0.5) is 0 Å². The Bertz CT molecular complexity index is 394. The Hall–Kier alpha value is -0.323. The summed E-state index contributed by atoms with van der Waals surface area (Å²) in [4.78, 5) is 0. The van der Waals surface area contributed by atoms with Crippen molar-refractivity contribution in [2.45, 2.75) is 58.2 Å². The van der Waals surface area contributed by atoms with Gasteiger partial charge in [0, 0.05) is 4.47 Å². The number of ether oxygens (including phenoxy) is 1. The second-order valence-corrected chi connectivity index (χ2v) is 12.8. The summed E-state index contributed by atoms with van der Waals surface area (Å²) >= 11 is 3.43. The first kappa shape index (κ1) is 18.7.